The van der Waals surface area contributed by atoms with Gasteiger partial charge in [-0.05, 0) is 75.9 Å². The number of hydrogen-bond donors (Lipinski definition) is 1. The van der Waals surface area contributed by atoms with Crippen LogP contribution in [0.1, 0.15) is 49.8 Å². The molecular weight excluding hydrogens is 251 g/mol. The Bertz CT molecular complexity index is 462. The Balaban J connectivity index is 2.36. The Morgan fingerprint density at radius 3 is 2.45 bits per heavy atom. The van der Waals surface area contributed by atoms with Crippen LogP contribution < -0.4 is 5.73 Å². The van der Waals surface area contributed by atoms with Crippen LogP contribution in [0.15, 0.2) is 18.2 Å². The number of benzene rings is 1. The molecule has 1 aromatic carbocycles. The van der Waals surface area contributed by atoms with Crippen molar-refractivity contribution in [3.05, 3.63) is 35.1 Å². The topological polar surface area (TPSA) is 29.3 Å². The van der Waals surface area contributed by atoms with E-state index in [0.717, 1.165) is 29.9 Å². The Hall–Kier alpha value is -0.930. The van der Waals surface area contributed by atoms with E-state index in [2.05, 4.69) is 25.9 Å². The third-order valence-electron chi connectivity index (χ3n) is 5.19. The van der Waals surface area contributed by atoms with Crippen LogP contribution in [0.25, 0.3) is 0 Å². The fourth-order valence-corrected chi connectivity index (χ4v) is 3.53. The lowest BCUT2D eigenvalue weighted by molar-refractivity contribution is 0.0562. The fraction of sp³-hybridized carbons (Fsp3) is 0.647. The summed E-state index contributed by atoms with van der Waals surface area (Å²) in [6, 6.07) is 4.82. The highest BCUT2D eigenvalue weighted by Crippen LogP contribution is 2.43. The second-order valence-corrected chi connectivity index (χ2v) is 6.66. The maximum atomic E-state index is 13.6. The summed E-state index contributed by atoms with van der Waals surface area (Å²) in [7, 11) is 4.20. The van der Waals surface area contributed by atoms with E-state index in [0.29, 0.717) is 0 Å². The molecule has 0 radical (unpaired) electrons. The first-order valence-corrected chi connectivity index (χ1v) is 7.56. The van der Waals surface area contributed by atoms with Crippen LogP contribution in [0.5, 0.6) is 0 Å². The van der Waals surface area contributed by atoms with Crippen molar-refractivity contribution in [2.75, 3.05) is 14.1 Å². The summed E-state index contributed by atoms with van der Waals surface area (Å²) in [6.07, 6.45) is 4.55. The first kappa shape index (κ1) is 15.5. The summed E-state index contributed by atoms with van der Waals surface area (Å²) in [4.78, 5) is 2.26. The molecule has 0 spiro atoms. The van der Waals surface area contributed by atoms with Crippen LogP contribution in [0.2, 0.25) is 0 Å². The smallest absolute Gasteiger partial charge is 0.123 e. The lowest BCUT2D eigenvalue weighted by Gasteiger charge is -2.49. The molecule has 1 atom stereocenters. The predicted molar refractivity (Wildman–Crippen MR) is 82.1 cm³/mol. The number of halogens is 1. The van der Waals surface area contributed by atoms with Crippen LogP contribution in [-0.2, 0) is 0 Å². The molecule has 1 aromatic rings. The van der Waals surface area contributed by atoms with Crippen LogP contribution in [0.3, 0.4) is 0 Å². The van der Waals surface area contributed by atoms with E-state index < -0.39 is 0 Å². The number of aryl methyl sites for hydroxylation is 1. The maximum Gasteiger partial charge on any atom is 0.123 e. The highest BCUT2D eigenvalue weighted by atomic mass is 19.1. The normalized spacial score (nSPS) is 28.6. The second kappa shape index (κ2) is 5.82. The van der Waals surface area contributed by atoms with E-state index in [4.69, 9.17) is 5.73 Å². The highest BCUT2D eigenvalue weighted by molar-refractivity contribution is 5.32. The van der Waals surface area contributed by atoms with Gasteiger partial charge in [0.15, 0.2) is 0 Å². The maximum absolute atomic E-state index is 13.6. The minimum Gasteiger partial charge on any atom is -0.322 e. The SMILES string of the molecule is Cc1ccc(F)cc1C(N)C1(N(C)C)CCC(C)CC1. The van der Waals surface area contributed by atoms with Gasteiger partial charge in [0.25, 0.3) is 0 Å². The molecule has 0 bridgehead atoms. The molecule has 1 saturated carbocycles. The molecule has 0 saturated heterocycles. The molecule has 2 nitrogen and oxygen atoms in total. The molecule has 3 heteroatoms. The van der Waals surface area contributed by atoms with Crippen molar-refractivity contribution in [1.82, 2.24) is 4.90 Å². The molecule has 1 unspecified atom stereocenters. The molecule has 2 rings (SSSR count). The van der Waals surface area contributed by atoms with Crippen molar-refractivity contribution in [1.29, 1.82) is 0 Å². The minimum atomic E-state index is -0.195. The van der Waals surface area contributed by atoms with Gasteiger partial charge in [0.2, 0.25) is 0 Å². The summed E-state index contributed by atoms with van der Waals surface area (Å²) in [5.74, 6) is 0.572. The predicted octanol–water partition coefficient (Wildman–Crippen LogP) is 3.64. The van der Waals surface area contributed by atoms with Gasteiger partial charge in [-0.1, -0.05) is 13.0 Å². The molecule has 0 aliphatic heterocycles. The zero-order valence-corrected chi connectivity index (χ0v) is 13.1. The summed E-state index contributed by atoms with van der Waals surface area (Å²) in [6.45, 7) is 4.32. The van der Waals surface area contributed by atoms with Crippen molar-refractivity contribution in [3.8, 4) is 0 Å². The summed E-state index contributed by atoms with van der Waals surface area (Å²) in [5, 5.41) is 0. The van der Waals surface area contributed by atoms with Gasteiger partial charge < -0.3 is 10.6 Å². The van der Waals surface area contributed by atoms with Gasteiger partial charge in [-0.15, -0.1) is 0 Å². The molecule has 1 aliphatic carbocycles. The zero-order valence-electron chi connectivity index (χ0n) is 13.1. The van der Waals surface area contributed by atoms with Gasteiger partial charge in [0.05, 0.1) is 0 Å². The standard InChI is InChI=1S/C17H27FN2/c1-12-7-9-17(10-8-12,20(3)4)16(19)15-11-14(18)6-5-13(15)2/h5-6,11-12,16H,7-10,19H2,1-4H3. The van der Waals surface area contributed by atoms with E-state index in [1.54, 1.807) is 6.07 Å². The number of rotatable bonds is 3. The van der Waals surface area contributed by atoms with E-state index in [-0.39, 0.29) is 17.4 Å². The molecule has 20 heavy (non-hydrogen) atoms. The minimum absolute atomic E-state index is 0.0505. The lowest BCUT2D eigenvalue weighted by atomic mass is 9.70. The van der Waals surface area contributed by atoms with Gasteiger partial charge in [0.1, 0.15) is 5.82 Å². The lowest BCUT2D eigenvalue weighted by Crippen LogP contribution is -2.54. The van der Waals surface area contributed by atoms with Gasteiger partial charge >= 0.3 is 0 Å². The Labute approximate surface area is 122 Å². The summed E-state index contributed by atoms with van der Waals surface area (Å²) >= 11 is 0. The van der Waals surface area contributed by atoms with Crippen molar-refractivity contribution >= 4 is 0 Å². The van der Waals surface area contributed by atoms with Gasteiger partial charge in [0, 0.05) is 11.6 Å². The van der Waals surface area contributed by atoms with Gasteiger partial charge in [-0.25, -0.2) is 4.39 Å². The van der Waals surface area contributed by atoms with Gasteiger partial charge in [-0.3, -0.25) is 0 Å². The molecule has 1 aliphatic rings. The summed E-state index contributed by atoms with van der Waals surface area (Å²) < 4.78 is 13.6. The quantitative estimate of drug-likeness (QED) is 0.914. The summed E-state index contributed by atoms with van der Waals surface area (Å²) in [5.41, 5.74) is 8.60. The largest absolute Gasteiger partial charge is 0.322 e. The van der Waals surface area contributed by atoms with E-state index in [1.807, 2.05) is 13.0 Å². The van der Waals surface area contributed by atoms with Crippen molar-refractivity contribution in [2.45, 2.75) is 51.1 Å². The van der Waals surface area contributed by atoms with Crippen molar-refractivity contribution in [3.63, 3.8) is 0 Å². The third kappa shape index (κ3) is 2.75. The molecule has 0 amide bonds. The van der Waals surface area contributed by atoms with Crippen LogP contribution in [-0.4, -0.2) is 24.5 Å². The van der Waals surface area contributed by atoms with Crippen molar-refractivity contribution in [2.24, 2.45) is 11.7 Å². The Morgan fingerprint density at radius 1 is 1.30 bits per heavy atom. The first-order chi connectivity index (χ1) is 9.36. The molecule has 112 valence electrons. The van der Waals surface area contributed by atoms with Crippen LogP contribution >= 0.6 is 0 Å². The Morgan fingerprint density at radius 2 is 1.90 bits per heavy atom. The number of likely N-dealkylation sites (N-methyl/N-ethyl adjacent to an activating group) is 1. The molecular formula is C17H27FN2. The monoisotopic (exact) mass is 278 g/mol. The van der Waals surface area contributed by atoms with E-state index in [9.17, 15) is 4.39 Å². The second-order valence-electron chi connectivity index (χ2n) is 6.66. The molecule has 2 N–H and O–H groups in total. The molecule has 1 fully saturated rings. The van der Waals surface area contributed by atoms with Crippen LogP contribution in [0, 0.1) is 18.7 Å². The van der Waals surface area contributed by atoms with Gasteiger partial charge in [-0.2, -0.15) is 0 Å². The van der Waals surface area contributed by atoms with E-state index in [1.165, 1.54) is 18.9 Å². The fourth-order valence-electron chi connectivity index (χ4n) is 3.53. The highest BCUT2D eigenvalue weighted by Gasteiger charge is 2.42. The number of nitrogens with zero attached hydrogens (tertiary/aromatic N) is 1. The third-order valence-corrected chi connectivity index (χ3v) is 5.19. The first-order valence-electron chi connectivity index (χ1n) is 7.56. The molecule has 0 heterocycles. The average Bonchev–Trinajstić information content (AvgIpc) is 2.41. The number of nitrogens with two attached hydrogens (primary N) is 1. The van der Waals surface area contributed by atoms with Crippen molar-refractivity contribution < 1.29 is 4.39 Å². The average molecular weight is 278 g/mol. The van der Waals surface area contributed by atoms with E-state index >= 15 is 0 Å². The number of hydrogen-bond acceptors (Lipinski definition) is 2. The Kier molecular flexibility index (Phi) is 4.50. The van der Waals surface area contributed by atoms with Crippen LogP contribution in [0.4, 0.5) is 4.39 Å². The zero-order chi connectivity index (χ0) is 14.9. The molecule has 0 aromatic heterocycles.